The van der Waals surface area contributed by atoms with E-state index in [-0.39, 0.29) is 5.91 Å². The normalized spacial score (nSPS) is 23.3. The smallest absolute Gasteiger partial charge is 0.235 e. The third kappa shape index (κ3) is 1.30. The molecule has 0 bridgehead atoms. The van der Waals surface area contributed by atoms with Gasteiger partial charge in [0.25, 0.3) is 0 Å². The van der Waals surface area contributed by atoms with Crippen LogP contribution in [0.4, 0.5) is 11.4 Å². The third-order valence-electron chi connectivity index (χ3n) is 4.34. The highest BCUT2D eigenvalue weighted by Crippen LogP contribution is 2.47. The van der Waals surface area contributed by atoms with Gasteiger partial charge in [0.05, 0.1) is 5.41 Å². The highest BCUT2D eigenvalue weighted by Gasteiger charge is 2.50. The molecule has 2 aromatic rings. The molecule has 1 aliphatic heterocycles. The van der Waals surface area contributed by atoms with Gasteiger partial charge in [0.2, 0.25) is 5.91 Å². The molecule has 0 radical (unpaired) electrons. The van der Waals surface area contributed by atoms with Gasteiger partial charge in [-0.2, -0.15) is 0 Å². The van der Waals surface area contributed by atoms with Crippen molar-refractivity contribution in [3.63, 3.8) is 0 Å². The Hall–Kier alpha value is -2.29. The van der Waals surface area contributed by atoms with Crippen LogP contribution in [0.15, 0.2) is 42.5 Å². The maximum absolute atomic E-state index is 12.5. The largest absolute Gasteiger partial charge is 0.399 e. The molecule has 0 saturated heterocycles. The van der Waals surface area contributed by atoms with E-state index in [2.05, 4.69) is 11.4 Å². The predicted octanol–water partition coefficient (Wildman–Crippen LogP) is 2.26. The minimum atomic E-state index is -0.424. The summed E-state index contributed by atoms with van der Waals surface area (Å²) in [6.45, 7) is 0. The van der Waals surface area contributed by atoms with Crippen molar-refractivity contribution in [3.8, 4) is 0 Å². The summed E-state index contributed by atoms with van der Waals surface area (Å²) in [7, 11) is 0. The highest BCUT2D eigenvalue weighted by atomic mass is 16.2. The first-order valence-electron chi connectivity index (χ1n) is 6.47. The molecular weight excluding hydrogens is 236 g/mol. The predicted molar refractivity (Wildman–Crippen MR) is 75.0 cm³/mol. The standard InChI is InChI=1S/C16H14N2O/c17-12-6-5-10-8-16(9-11(10)7-12)13-3-1-2-4-14(13)18-15(16)19/h1-7H,8-9,17H2,(H,18,19)/t16-/m0/s1. The summed E-state index contributed by atoms with van der Waals surface area (Å²) in [4.78, 5) is 12.5. The van der Waals surface area contributed by atoms with Gasteiger partial charge in [-0.05, 0) is 47.7 Å². The van der Waals surface area contributed by atoms with Crippen LogP contribution in [0.5, 0.6) is 0 Å². The maximum Gasteiger partial charge on any atom is 0.235 e. The van der Waals surface area contributed by atoms with E-state index in [9.17, 15) is 4.79 Å². The molecule has 1 spiro atoms. The number of amides is 1. The Bertz CT molecular complexity index is 708. The number of hydrogen-bond acceptors (Lipinski definition) is 2. The van der Waals surface area contributed by atoms with Crippen LogP contribution in [0.25, 0.3) is 0 Å². The van der Waals surface area contributed by atoms with Crippen molar-refractivity contribution >= 4 is 17.3 Å². The van der Waals surface area contributed by atoms with Crippen LogP contribution >= 0.6 is 0 Å². The van der Waals surface area contributed by atoms with E-state index in [1.54, 1.807) is 0 Å². The highest BCUT2D eigenvalue weighted by molar-refractivity contribution is 6.07. The third-order valence-corrected chi connectivity index (χ3v) is 4.34. The molecule has 3 nitrogen and oxygen atoms in total. The van der Waals surface area contributed by atoms with Gasteiger partial charge in [-0.3, -0.25) is 4.79 Å². The number of nitrogen functional groups attached to an aromatic ring is 1. The number of nitrogens with one attached hydrogen (secondary N) is 1. The van der Waals surface area contributed by atoms with Crippen LogP contribution in [-0.4, -0.2) is 5.91 Å². The molecule has 3 heteroatoms. The van der Waals surface area contributed by atoms with Crippen LogP contribution in [-0.2, 0) is 23.1 Å². The van der Waals surface area contributed by atoms with Gasteiger partial charge in [-0.25, -0.2) is 0 Å². The van der Waals surface area contributed by atoms with Gasteiger partial charge in [0.1, 0.15) is 0 Å². The van der Waals surface area contributed by atoms with Crippen LogP contribution in [0.2, 0.25) is 0 Å². The van der Waals surface area contributed by atoms with Crippen LogP contribution < -0.4 is 11.1 Å². The Morgan fingerprint density at radius 2 is 1.84 bits per heavy atom. The molecule has 0 aromatic heterocycles. The molecule has 19 heavy (non-hydrogen) atoms. The second kappa shape index (κ2) is 3.38. The van der Waals surface area contributed by atoms with Crippen LogP contribution in [0.1, 0.15) is 16.7 Å². The Morgan fingerprint density at radius 3 is 2.74 bits per heavy atom. The van der Waals surface area contributed by atoms with Gasteiger partial charge < -0.3 is 11.1 Å². The van der Waals surface area contributed by atoms with Crippen molar-refractivity contribution in [1.82, 2.24) is 0 Å². The fraction of sp³-hybridized carbons (Fsp3) is 0.188. The molecule has 3 N–H and O–H groups in total. The van der Waals surface area contributed by atoms with Crippen LogP contribution in [0.3, 0.4) is 0 Å². The lowest BCUT2D eigenvalue weighted by molar-refractivity contribution is -0.120. The molecule has 0 unspecified atom stereocenters. The number of fused-ring (bicyclic) bond motifs is 3. The second-order valence-electron chi connectivity index (χ2n) is 5.46. The minimum Gasteiger partial charge on any atom is -0.399 e. The maximum atomic E-state index is 12.5. The number of anilines is 2. The molecule has 2 aromatic carbocycles. The van der Waals surface area contributed by atoms with Crippen molar-refractivity contribution in [2.45, 2.75) is 18.3 Å². The Balaban J connectivity index is 1.88. The van der Waals surface area contributed by atoms with Crippen molar-refractivity contribution in [2.24, 2.45) is 0 Å². The summed E-state index contributed by atoms with van der Waals surface area (Å²) in [6, 6.07) is 13.9. The quantitative estimate of drug-likeness (QED) is 0.705. The molecule has 1 amide bonds. The van der Waals surface area contributed by atoms with Gasteiger partial charge in [0.15, 0.2) is 0 Å². The fourth-order valence-electron chi connectivity index (χ4n) is 3.42. The van der Waals surface area contributed by atoms with E-state index in [0.29, 0.717) is 0 Å². The van der Waals surface area contributed by atoms with E-state index in [1.165, 1.54) is 11.1 Å². The average molecular weight is 250 g/mol. The molecule has 2 aliphatic rings. The van der Waals surface area contributed by atoms with E-state index < -0.39 is 5.41 Å². The molecule has 1 aliphatic carbocycles. The Morgan fingerprint density at radius 1 is 1.05 bits per heavy atom. The fourth-order valence-corrected chi connectivity index (χ4v) is 3.42. The number of benzene rings is 2. The summed E-state index contributed by atoms with van der Waals surface area (Å²) < 4.78 is 0. The van der Waals surface area contributed by atoms with Gasteiger partial charge >= 0.3 is 0 Å². The Labute approximate surface area is 111 Å². The van der Waals surface area contributed by atoms with E-state index in [4.69, 9.17) is 5.73 Å². The minimum absolute atomic E-state index is 0.114. The lowest BCUT2D eigenvalue weighted by Crippen LogP contribution is -2.35. The lowest BCUT2D eigenvalue weighted by Gasteiger charge is -2.20. The second-order valence-corrected chi connectivity index (χ2v) is 5.46. The summed E-state index contributed by atoms with van der Waals surface area (Å²) in [5.41, 5.74) is 10.7. The molecule has 94 valence electrons. The first-order valence-corrected chi connectivity index (χ1v) is 6.47. The molecule has 0 saturated carbocycles. The number of hydrogen-bond donors (Lipinski definition) is 2. The monoisotopic (exact) mass is 250 g/mol. The average Bonchev–Trinajstić information content (AvgIpc) is 2.90. The number of carbonyl (C=O) groups is 1. The number of nitrogens with two attached hydrogens (primary N) is 1. The Kier molecular flexibility index (Phi) is 1.89. The number of carbonyl (C=O) groups excluding carboxylic acids is 1. The van der Waals surface area contributed by atoms with Gasteiger partial charge in [-0.1, -0.05) is 24.3 Å². The number of rotatable bonds is 0. The number of para-hydroxylation sites is 1. The molecular formula is C16H14N2O. The molecule has 1 atom stereocenters. The summed E-state index contributed by atoms with van der Waals surface area (Å²) >= 11 is 0. The van der Waals surface area contributed by atoms with Crippen molar-refractivity contribution < 1.29 is 4.79 Å². The van der Waals surface area contributed by atoms with E-state index >= 15 is 0 Å². The summed E-state index contributed by atoms with van der Waals surface area (Å²) in [5.74, 6) is 0.114. The van der Waals surface area contributed by atoms with Crippen molar-refractivity contribution in [3.05, 3.63) is 59.2 Å². The summed E-state index contributed by atoms with van der Waals surface area (Å²) in [6.07, 6.45) is 1.52. The summed E-state index contributed by atoms with van der Waals surface area (Å²) in [5, 5.41) is 3.01. The van der Waals surface area contributed by atoms with Crippen LogP contribution in [0, 0.1) is 0 Å². The van der Waals surface area contributed by atoms with E-state index in [1.807, 2.05) is 36.4 Å². The zero-order valence-electron chi connectivity index (χ0n) is 10.4. The first kappa shape index (κ1) is 10.6. The lowest BCUT2D eigenvalue weighted by atomic mass is 9.79. The SMILES string of the molecule is Nc1ccc2c(c1)C[C@]1(C2)C(=O)Nc2ccccc21. The zero-order valence-corrected chi connectivity index (χ0v) is 10.4. The van der Waals surface area contributed by atoms with E-state index in [0.717, 1.165) is 29.8 Å². The molecule has 0 fully saturated rings. The van der Waals surface area contributed by atoms with Gasteiger partial charge in [0, 0.05) is 11.4 Å². The van der Waals surface area contributed by atoms with Gasteiger partial charge in [-0.15, -0.1) is 0 Å². The topological polar surface area (TPSA) is 55.1 Å². The van der Waals surface area contributed by atoms with Crippen molar-refractivity contribution in [1.29, 1.82) is 0 Å². The first-order chi connectivity index (χ1) is 9.19. The molecule has 1 heterocycles. The van der Waals surface area contributed by atoms with Crippen molar-refractivity contribution in [2.75, 3.05) is 11.1 Å². The molecule has 4 rings (SSSR count). The zero-order chi connectivity index (χ0) is 13.0.